The summed E-state index contributed by atoms with van der Waals surface area (Å²) >= 11 is 0. The average Bonchev–Trinajstić information content (AvgIpc) is 2.35. The van der Waals surface area contributed by atoms with Crippen molar-refractivity contribution in [2.75, 3.05) is 20.0 Å². The molecule has 0 saturated carbocycles. The molecule has 0 N–H and O–H groups in total. The van der Waals surface area contributed by atoms with Crippen molar-refractivity contribution in [2.45, 2.75) is 65.2 Å². The average molecular weight is 521 g/mol. The number of hydrogen-bond donors (Lipinski definition) is 0. The van der Waals surface area contributed by atoms with Crippen molar-refractivity contribution in [3.8, 4) is 0 Å². The van der Waals surface area contributed by atoms with E-state index in [-0.39, 0.29) is 71.0 Å². The summed E-state index contributed by atoms with van der Waals surface area (Å²) in [4.78, 5) is 0. The first-order chi connectivity index (χ1) is 8.41. The fourth-order valence-corrected chi connectivity index (χ4v) is 1.60. The van der Waals surface area contributed by atoms with E-state index in [1.807, 2.05) is 0 Å². The minimum absolute atomic E-state index is 0. The summed E-state index contributed by atoms with van der Waals surface area (Å²) in [7, 11) is 0. The molecule has 0 aromatic heterocycles. The molecule has 2 nitrogen and oxygen atoms in total. The molecule has 118 valence electrons. The summed E-state index contributed by atoms with van der Waals surface area (Å²) in [6, 6.07) is 0. The molecule has 20 heavy (non-hydrogen) atoms. The largest absolute Gasteiger partial charge is 2.00 e. The van der Waals surface area contributed by atoms with E-state index in [1.165, 1.54) is 38.5 Å². The number of hydrogen-bond acceptors (Lipinski definition) is 2. The first kappa shape index (κ1) is 29.8. The Morgan fingerprint density at radius 1 is 0.750 bits per heavy atom. The van der Waals surface area contributed by atoms with Crippen LogP contribution in [0.25, 0.3) is 0 Å². The van der Waals surface area contributed by atoms with Gasteiger partial charge in [0, 0.05) is 6.61 Å². The Balaban J connectivity index is -0.000000427. The van der Waals surface area contributed by atoms with E-state index in [4.69, 9.17) is 9.47 Å². The van der Waals surface area contributed by atoms with Gasteiger partial charge < -0.3 is 57.4 Å². The van der Waals surface area contributed by atoms with Gasteiger partial charge in [-0.05, 0) is 19.3 Å². The number of unbranched alkanes of at least 4 members (excludes halogenated alkanes) is 5. The third-order valence-corrected chi connectivity index (χ3v) is 2.64. The smallest absolute Gasteiger partial charge is 1.00 e. The third kappa shape index (κ3) is 28.1. The zero-order valence-corrected chi connectivity index (χ0v) is 18.9. The minimum Gasteiger partial charge on any atom is -1.00 e. The Hall–Kier alpha value is 1.89. The van der Waals surface area contributed by atoms with Crippen LogP contribution in [0.3, 0.4) is 0 Å². The molecule has 5 heteroatoms. The van der Waals surface area contributed by atoms with Crippen molar-refractivity contribution >= 4 is 23.1 Å². The summed E-state index contributed by atoms with van der Waals surface area (Å²) < 4.78 is 10.8. The molecule has 0 heterocycles. The number of ether oxygens (including phenoxy) is 2. The molecule has 0 aromatic rings. The van der Waals surface area contributed by atoms with Gasteiger partial charge in [0.2, 0.25) is 0 Å². The zero-order valence-electron chi connectivity index (χ0n) is 13.2. The minimum atomic E-state index is 0. The van der Waals surface area contributed by atoms with Gasteiger partial charge in [0.15, 0.2) is 0 Å². The van der Waals surface area contributed by atoms with Crippen molar-refractivity contribution in [3.63, 3.8) is 0 Å². The van der Waals surface area contributed by atoms with Gasteiger partial charge in [0.05, 0.1) is 6.61 Å². The fraction of sp³-hybridized carbons (Fsp3) is 0.867. The Kier molecular flexibility index (Phi) is 43.2. The maximum atomic E-state index is 5.40. The van der Waals surface area contributed by atoms with Gasteiger partial charge in [0.1, 0.15) is 6.79 Å². The topological polar surface area (TPSA) is 18.5 Å². The molecule has 0 aromatic carbocycles. The summed E-state index contributed by atoms with van der Waals surface area (Å²) in [6.45, 7) is 6.45. The third-order valence-electron chi connectivity index (χ3n) is 2.64. The van der Waals surface area contributed by atoms with Gasteiger partial charge >= 0.3 is 23.1 Å². The van der Waals surface area contributed by atoms with E-state index in [9.17, 15) is 0 Å². The molecule has 0 aliphatic heterocycles. The molecule has 0 amide bonds. The van der Waals surface area contributed by atoms with Crippen LogP contribution in [0.4, 0.5) is 0 Å². The summed E-state index contributed by atoms with van der Waals surface area (Å²) in [5, 5.41) is 0. The van der Waals surface area contributed by atoms with Gasteiger partial charge in [-0.1, -0.05) is 58.1 Å². The van der Waals surface area contributed by atoms with Crippen molar-refractivity contribution in [1.29, 1.82) is 0 Å². The molecule has 0 fully saturated rings. The van der Waals surface area contributed by atoms with Crippen molar-refractivity contribution in [1.82, 2.24) is 0 Å². The molecule has 0 unspecified atom stereocenters. The normalized spacial score (nSPS) is 9.70. The Labute approximate surface area is 176 Å². The van der Waals surface area contributed by atoms with Crippen molar-refractivity contribution < 1.29 is 57.4 Å². The second-order valence-corrected chi connectivity index (χ2v) is 4.37. The van der Waals surface area contributed by atoms with Crippen LogP contribution in [0.15, 0.2) is 12.2 Å². The molecule has 0 atom stereocenters. The van der Waals surface area contributed by atoms with Gasteiger partial charge in [-0.15, -0.1) is 0 Å². The summed E-state index contributed by atoms with van der Waals surface area (Å²) in [5.41, 5.74) is 0. The quantitative estimate of drug-likeness (QED) is 0.0951. The molecule has 0 saturated heterocycles. The fourth-order valence-electron chi connectivity index (χ4n) is 1.60. The Bertz CT molecular complexity index is 170. The maximum absolute atomic E-state index is 5.40. The van der Waals surface area contributed by atoms with Crippen LogP contribution >= 0.6 is 0 Å². The number of halogens is 2. The Morgan fingerprint density at radius 2 is 1.35 bits per heavy atom. The summed E-state index contributed by atoms with van der Waals surface area (Å²) in [6.07, 6.45) is 14.3. The summed E-state index contributed by atoms with van der Waals surface area (Å²) in [5.74, 6) is 0. The van der Waals surface area contributed by atoms with Crippen LogP contribution in [0.5, 0.6) is 0 Å². The molecule has 0 bridgehead atoms. The van der Waals surface area contributed by atoms with Gasteiger partial charge in [-0.3, -0.25) is 0 Å². The van der Waals surface area contributed by atoms with Crippen LogP contribution in [0.1, 0.15) is 65.2 Å². The van der Waals surface area contributed by atoms with Crippen molar-refractivity contribution in [2.24, 2.45) is 0 Å². The predicted octanol–water partition coefficient (Wildman–Crippen LogP) is -1.68. The standard InChI is InChI=1S/C15H30O2.2HI.Mg/c1-3-5-7-9-10-12-14-17-15-16-13-11-8-6-4-2;;;/h6,8H,3-5,7,9-15H2,1-2H3;2*1H;/q;;;+2/p-2/b8-6+;;;. The van der Waals surface area contributed by atoms with Crippen LogP contribution < -0.4 is 48.0 Å². The second kappa shape index (κ2) is 29.0. The first-order valence-electron chi connectivity index (χ1n) is 7.22. The van der Waals surface area contributed by atoms with Gasteiger partial charge in [-0.2, -0.15) is 0 Å². The van der Waals surface area contributed by atoms with E-state index < -0.39 is 0 Å². The molecular weight excluding hydrogens is 490 g/mol. The van der Waals surface area contributed by atoms with Crippen LogP contribution in [0.2, 0.25) is 0 Å². The van der Waals surface area contributed by atoms with Crippen LogP contribution in [-0.2, 0) is 9.47 Å². The molecule has 0 aliphatic rings. The van der Waals surface area contributed by atoms with Crippen LogP contribution in [0, 0.1) is 0 Å². The van der Waals surface area contributed by atoms with Gasteiger partial charge in [-0.25, -0.2) is 0 Å². The van der Waals surface area contributed by atoms with Crippen molar-refractivity contribution in [3.05, 3.63) is 12.2 Å². The predicted molar refractivity (Wildman–Crippen MR) is 79.9 cm³/mol. The monoisotopic (exact) mass is 520 g/mol. The number of allylic oxidation sites excluding steroid dienone is 1. The maximum Gasteiger partial charge on any atom is 2.00 e. The van der Waals surface area contributed by atoms with E-state index >= 15 is 0 Å². The van der Waals surface area contributed by atoms with Crippen LogP contribution in [-0.4, -0.2) is 43.1 Å². The van der Waals surface area contributed by atoms with Gasteiger partial charge in [0.25, 0.3) is 0 Å². The number of rotatable bonds is 13. The first-order valence-corrected chi connectivity index (χ1v) is 7.22. The van der Waals surface area contributed by atoms with E-state index in [0.29, 0.717) is 6.79 Å². The molecular formula is C15H30I2MgO2. The second-order valence-electron chi connectivity index (χ2n) is 4.37. The Morgan fingerprint density at radius 3 is 2.00 bits per heavy atom. The molecule has 0 spiro atoms. The SMILES string of the molecule is CC/C=C/CCOCOCCCCCCCC.[I-].[I-].[Mg+2]. The van der Waals surface area contributed by atoms with E-state index in [2.05, 4.69) is 26.0 Å². The molecule has 0 rings (SSSR count). The van der Waals surface area contributed by atoms with E-state index in [0.717, 1.165) is 26.1 Å². The van der Waals surface area contributed by atoms with E-state index in [1.54, 1.807) is 0 Å². The molecule has 0 aliphatic carbocycles. The molecule has 0 radical (unpaired) electrons. The zero-order chi connectivity index (χ0) is 12.6.